The van der Waals surface area contributed by atoms with Crippen LogP contribution in [0.4, 0.5) is 0 Å². The third kappa shape index (κ3) is 3.66. The van der Waals surface area contributed by atoms with Gasteiger partial charge in [-0.05, 0) is 17.7 Å². The molecule has 1 aromatic heterocycles. The van der Waals surface area contributed by atoms with Gasteiger partial charge in [-0.15, -0.1) is 11.3 Å². The number of carbonyl (C=O) groups is 1. The Morgan fingerprint density at radius 2 is 2.08 bits per heavy atom. The van der Waals surface area contributed by atoms with E-state index in [-0.39, 0.29) is 25.8 Å². The van der Waals surface area contributed by atoms with E-state index < -0.39 is 0 Å². The molecule has 0 atom stereocenters. The molecule has 4 rings (SSSR count). The smallest absolute Gasteiger partial charge is 0.312 e. The zero-order valence-corrected chi connectivity index (χ0v) is 15.2. The van der Waals surface area contributed by atoms with Crippen LogP contribution in [0.3, 0.4) is 0 Å². The van der Waals surface area contributed by atoms with Gasteiger partial charge in [0, 0.05) is 10.9 Å². The summed E-state index contributed by atoms with van der Waals surface area (Å²) >= 11 is 7.63. The second kappa shape index (κ2) is 7.35. The Kier molecular flexibility index (Phi) is 4.77. The molecule has 1 aliphatic heterocycles. The monoisotopic (exact) mass is 387 g/mol. The van der Waals surface area contributed by atoms with Crippen molar-refractivity contribution in [1.29, 1.82) is 0 Å². The van der Waals surface area contributed by atoms with E-state index in [9.17, 15) is 4.79 Å². The Morgan fingerprint density at radius 3 is 2.92 bits per heavy atom. The van der Waals surface area contributed by atoms with E-state index in [4.69, 9.17) is 25.8 Å². The van der Waals surface area contributed by atoms with Gasteiger partial charge in [-0.2, -0.15) is 0 Å². The van der Waals surface area contributed by atoms with Gasteiger partial charge >= 0.3 is 5.97 Å². The molecule has 132 valence electrons. The summed E-state index contributed by atoms with van der Waals surface area (Å²) in [7, 11) is 0. The van der Waals surface area contributed by atoms with Crippen LogP contribution in [-0.2, 0) is 22.6 Å². The first-order chi connectivity index (χ1) is 12.7. The molecule has 5 nitrogen and oxygen atoms in total. The summed E-state index contributed by atoms with van der Waals surface area (Å²) in [6.07, 6.45) is 0.127. The number of rotatable bonds is 5. The molecule has 0 unspecified atom stereocenters. The maximum Gasteiger partial charge on any atom is 0.312 e. The van der Waals surface area contributed by atoms with Gasteiger partial charge in [-0.3, -0.25) is 4.79 Å². The van der Waals surface area contributed by atoms with Gasteiger partial charge < -0.3 is 14.2 Å². The number of fused-ring (bicyclic) bond motifs is 1. The molecule has 2 heterocycles. The lowest BCUT2D eigenvalue weighted by atomic mass is 10.2. The fourth-order valence-electron chi connectivity index (χ4n) is 2.57. The number of halogens is 1. The summed E-state index contributed by atoms with van der Waals surface area (Å²) in [6, 6.07) is 13.3. The molecule has 0 aliphatic carbocycles. The fraction of sp³-hybridized carbons (Fsp3) is 0.158. The van der Waals surface area contributed by atoms with E-state index >= 15 is 0 Å². The van der Waals surface area contributed by atoms with Crippen LogP contribution in [-0.4, -0.2) is 17.7 Å². The van der Waals surface area contributed by atoms with Crippen molar-refractivity contribution >= 4 is 28.9 Å². The van der Waals surface area contributed by atoms with Crippen molar-refractivity contribution in [1.82, 2.24) is 4.98 Å². The van der Waals surface area contributed by atoms with Crippen molar-refractivity contribution in [3.63, 3.8) is 0 Å². The van der Waals surface area contributed by atoms with Gasteiger partial charge in [0.05, 0.1) is 17.1 Å². The topological polar surface area (TPSA) is 57.7 Å². The predicted molar refractivity (Wildman–Crippen MR) is 98.6 cm³/mol. The summed E-state index contributed by atoms with van der Waals surface area (Å²) in [5.74, 6) is 0.747. The highest BCUT2D eigenvalue weighted by molar-refractivity contribution is 7.13. The number of aromatic nitrogens is 1. The van der Waals surface area contributed by atoms with Gasteiger partial charge in [-0.25, -0.2) is 4.98 Å². The quantitative estimate of drug-likeness (QED) is 0.604. The second-order valence-electron chi connectivity index (χ2n) is 5.66. The standard InChI is InChI=1S/C19H14ClNO4S/c20-15-6-12(7-16-18(15)25-11-24-16)9-23-17(22)8-14-10-26-19(21-14)13-4-2-1-3-5-13/h1-7,10H,8-9,11H2. The van der Waals surface area contributed by atoms with E-state index in [1.54, 1.807) is 12.1 Å². The lowest BCUT2D eigenvalue weighted by molar-refractivity contribution is -0.144. The zero-order valence-electron chi connectivity index (χ0n) is 13.6. The minimum atomic E-state index is -0.344. The van der Waals surface area contributed by atoms with E-state index in [0.29, 0.717) is 22.2 Å². The summed E-state index contributed by atoms with van der Waals surface area (Å²) in [5, 5.41) is 3.20. The van der Waals surface area contributed by atoms with Crippen LogP contribution in [0.1, 0.15) is 11.3 Å². The van der Waals surface area contributed by atoms with Gasteiger partial charge in [0.2, 0.25) is 6.79 Å². The number of carbonyl (C=O) groups excluding carboxylic acids is 1. The summed E-state index contributed by atoms with van der Waals surface area (Å²) in [5.41, 5.74) is 2.48. The van der Waals surface area contributed by atoms with E-state index in [1.807, 2.05) is 35.7 Å². The van der Waals surface area contributed by atoms with Crippen molar-refractivity contribution < 1.29 is 19.0 Å². The van der Waals surface area contributed by atoms with Crippen molar-refractivity contribution in [2.45, 2.75) is 13.0 Å². The largest absolute Gasteiger partial charge is 0.461 e. The molecule has 7 heteroatoms. The maximum atomic E-state index is 12.1. The van der Waals surface area contributed by atoms with Crippen LogP contribution in [0.25, 0.3) is 10.6 Å². The van der Waals surface area contributed by atoms with Gasteiger partial charge in [0.25, 0.3) is 0 Å². The SMILES string of the molecule is O=C(Cc1csc(-c2ccccc2)n1)OCc1cc(Cl)c2c(c1)OCO2. The molecule has 0 N–H and O–H groups in total. The van der Waals surface area contributed by atoms with E-state index in [0.717, 1.165) is 16.1 Å². The average Bonchev–Trinajstić information content (AvgIpc) is 3.30. The first kappa shape index (κ1) is 16.9. The van der Waals surface area contributed by atoms with Crippen LogP contribution in [0.15, 0.2) is 47.8 Å². The lowest BCUT2D eigenvalue weighted by Crippen LogP contribution is -2.08. The maximum absolute atomic E-state index is 12.1. The summed E-state index contributed by atoms with van der Waals surface area (Å²) in [6.45, 7) is 0.261. The number of ether oxygens (including phenoxy) is 3. The molecule has 0 saturated heterocycles. The van der Waals surface area contributed by atoms with Crippen LogP contribution in [0.5, 0.6) is 11.5 Å². The summed E-state index contributed by atoms with van der Waals surface area (Å²) < 4.78 is 15.9. The van der Waals surface area contributed by atoms with Crippen molar-refractivity contribution in [3.8, 4) is 22.1 Å². The molecule has 1 aliphatic rings. The van der Waals surface area contributed by atoms with Gasteiger partial charge in [0.1, 0.15) is 11.6 Å². The number of nitrogens with zero attached hydrogens (tertiary/aromatic N) is 1. The van der Waals surface area contributed by atoms with Crippen LogP contribution in [0, 0.1) is 0 Å². The molecular formula is C19H14ClNO4S. The first-order valence-electron chi connectivity index (χ1n) is 7.92. The van der Waals surface area contributed by atoms with E-state index in [2.05, 4.69) is 4.98 Å². The fourth-order valence-corrected chi connectivity index (χ4v) is 3.68. The second-order valence-corrected chi connectivity index (χ2v) is 6.92. The average molecular weight is 388 g/mol. The normalized spacial score (nSPS) is 12.2. The van der Waals surface area contributed by atoms with Crippen molar-refractivity contribution in [2.75, 3.05) is 6.79 Å². The third-order valence-electron chi connectivity index (χ3n) is 3.78. The molecule has 0 fully saturated rings. The number of hydrogen-bond donors (Lipinski definition) is 0. The Morgan fingerprint density at radius 1 is 1.23 bits per heavy atom. The first-order valence-corrected chi connectivity index (χ1v) is 9.18. The number of benzene rings is 2. The minimum Gasteiger partial charge on any atom is -0.461 e. The van der Waals surface area contributed by atoms with Gasteiger partial charge in [0.15, 0.2) is 11.5 Å². The highest BCUT2D eigenvalue weighted by Gasteiger charge is 2.19. The molecular weight excluding hydrogens is 374 g/mol. The molecule has 0 spiro atoms. The Bertz CT molecular complexity index is 942. The Balaban J connectivity index is 1.36. The highest BCUT2D eigenvalue weighted by atomic mass is 35.5. The Hall–Kier alpha value is -2.57. The molecule has 0 saturated carbocycles. The molecule has 3 aromatic rings. The molecule has 0 bridgehead atoms. The van der Waals surface area contributed by atoms with Crippen LogP contribution >= 0.6 is 22.9 Å². The number of thiazole rings is 1. The van der Waals surface area contributed by atoms with Crippen molar-refractivity contribution in [3.05, 3.63) is 64.1 Å². The predicted octanol–water partition coefficient (Wildman–Crippen LogP) is 4.48. The molecule has 0 amide bonds. The summed E-state index contributed by atoms with van der Waals surface area (Å²) in [4.78, 5) is 16.6. The van der Waals surface area contributed by atoms with Crippen molar-refractivity contribution in [2.24, 2.45) is 0 Å². The highest BCUT2D eigenvalue weighted by Crippen LogP contribution is 2.39. The number of hydrogen-bond acceptors (Lipinski definition) is 6. The zero-order chi connectivity index (χ0) is 17.9. The molecule has 0 radical (unpaired) electrons. The molecule has 2 aromatic carbocycles. The van der Waals surface area contributed by atoms with Crippen LogP contribution < -0.4 is 9.47 Å². The van der Waals surface area contributed by atoms with Gasteiger partial charge in [-0.1, -0.05) is 41.9 Å². The lowest BCUT2D eigenvalue weighted by Gasteiger charge is -2.06. The number of esters is 1. The molecule has 26 heavy (non-hydrogen) atoms. The third-order valence-corrected chi connectivity index (χ3v) is 5.01. The minimum absolute atomic E-state index is 0.116. The Labute approximate surface area is 159 Å². The van der Waals surface area contributed by atoms with Crippen LogP contribution in [0.2, 0.25) is 5.02 Å². The van der Waals surface area contributed by atoms with E-state index in [1.165, 1.54) is 11.3 Å².